The van der Waals surface area contributed by atoms with E-state index < -0.39 is 0 Å². The van der Waals surface area contributed by atoms with Gasteiger partial charge in [-0.1, -0.05) is 50.8 Å². The summed E-state index contributed by atoms with van der Waals surface area (Å²) in [6, 6.07) is 31.7. The lowest BCUT2D eigenvalue weighted by Gasteiger charge is -2.22. The van der Waals surface area contributed by atoms with Crippen molar-refractivity contribution in [1.82, 2.24) is 4.57 Å². The van der Waals surface area contributed by atoms with E-state index in [1.54, 1.807) is 0 Å². The van der Waals surface area contributed by atoms with Gasteiger partial charge in [0.05, 0.1) is 0 Å². The Morgan fingerprint density at radius 2 is 1.32 bits per heavy atom. The van der Waals surface area contributed by atoms with Crippen LogP contribution in [0.25, 0.3) is 52.4 Å². The maximum absolute atomic E-state index is 4.34. The molecule has 7 rings (SSSR count). The highest BCUT2D eigenvalue weighted by molar-refractivity contribution is 7.25. The number of aryl methyl sites for hydroxylation is 1. The Morgan fingerprint density at radius 3 is 2.03 bits per heavy atom. The molecule has 0 atom stereocenters. The van der Waals surface area contributed by atoms with Crippen LogP contribution in [0.15, 0.2) is 97.2 Å². The molecule has 0 spiro atoms. The van der Waals surface area contributed by atoms with Crippen LogP contribution in [0.5, 0.6) is 0 Å². The van der Waals surface area contributed by atoms with Crippen LogP contribution in [0.4, 0.5) is 5.69 Å². The number of fused-ring (bicyclic) bond motifs is 4. The number of likely N-dealkylation sites (N-methyl/N-ethyl adjacent to an activating group) is 1. The fraction of sp³-hybridized carbons (Fsp3) is 0.176. The zero-order valence-corrected chi connectivity index (χ0v) is 23.8. The first kappa shape index (κ1) is 23.5. The molecule has 3 aromatic heterocycles. The van der Waals surface area contributed by atoms with Gasteiger partial charge >= 0.3 is 0 Å². The summed E-state index contributed by atoms with van der Waals surface area (Å²) in [6.07, 6.45) is 0. The van der Waals surface area contributed by atoms with E-state index in [0.717, 1.165) is 12.2 Å². The summed E-state index contributed by atoms with van der Waals surface area (Å²) >= 11 is 3.76. The van der Waals surface area contributed by atoms with E-state index in [2.05, 4.69) is 129 Å². The van der Waals surface area contributed by atoms with Gasteiger partial charge in [-0.15, -0.1) is 22.7 Å². The number of hydrogen-bond donors (Lipinski definition) is 0. The van der Waals surface area contributed by atoms with E-state index in [9.17, 15) is 0 Å². The highest BCUT2D eigenvalue weighted by Gasteiger charge is 2.37. The minimum Gasteiger partial charge on any atom is -0.348 e. The zero-order chi connectivity index (χ0) is 26.2. The number of hydrogen-bond acceptors (Lipinski definition) is 3. The Kier molecular flexibility index (Phi) is 5.23. The summed E-state index contributed by atoms with van der Waals surface area (Å²) in [6.45, 7) is 12.1. The normalized spacial score (nSPS) is 14.6. The van der Waals surface area contributed by atoms with Crippen molar-refractivity contribution < 1.29 is 0 Å². The van der Waals surface area contributed by atoms with Gasteiger partial charge in [0.1, 0.15) is 0 Å². The monoisotopic (exact) mass is 530 g/mol. The predicted octanol–water partition coefficient (Wildman–Crippen LogP) is 10.2. The van der Waals surface area contributed by atoms with Gasteiger partial charge in [-0.2, -0.15) is 0 Å². The Labute approximate surface area is 232 Å². The first-order valence-electron chi connectivity index (χ1n) is 13.2. The van der Waals surface area contributed by atoms with Gasteiger partial charge < -0.3 is 9.47 Å². The molecule has 1 aliphatic rings. The third kappa shape index (κ3) is 3.37. The van der Waals surface area contributed by atoms with Gasteiger partial charge in [0.25, 0.3) is 0 Å². The first-order chi connectivity index (χ1) is 18.4. The Balaban J connectivity index is 1.23. The summed E-state index contributed by atoms with van der Waals surface area (Å²) in [5, 5.41) is 2.67. The van der Waals surface area contributed by atoms with Crippen LogP contribution >= 0.6 is 22.7 Å². The molecule has 4 heteroatoms. The molecule has 188 valence electrons. The third-order valence-electron chi connectivity index (χ3n) is 8.27. The molecule has 6 aromatic rings. The molecule has 0 bridgehead atoms. The molecule has 2 nitrogen and oxygen atoms in total. The number of anilines is 1. The number of allylic oxidation sites excluding steroid dienone is 1. The van der Waals surface area contributed by atoms with E-state index in [1.165, 1.54) is 63.7 Å². The molecule has 38 heavy (non-hydrogen) atoms. The fourth-order valence-corrected chi connectivity index (χ4v) is 8.10. The van der Waals surface area contributed by atoms with Crippen LogP contribution in [-0.2, 0) is 12.0 Å². The Morgan fingerprint density at radius 1 is 0.711 bits per heavy atom. The molecule has 0 radical (unpaired) electrons. The molecule has 0 N–H and O–H groups in total. The molecule has 0 fully saturated rings. The number of para-hydroxylation sites is 1. The lowest BCUT2D eigenvalue weighted by Crippen LogP contribution is -2.21. The van der Waals surface area contributed by atoms with Crippen LogP contribution < -0.4 is 4.90 Å². The fourth-order valence-electron chi connectivity index (χ4n) is 6.00. The van der Waals surface area contributed by atoms with Crippen LogP contribution in [0.2, 0.25) is 0 Å². The Hall–Kier alpha value is -3.60. The van der Waals surface area contributed by atoms with Gasteiger partial charge in [-0.05, 0) is 78.2 Å². The average Bonchev–Trinajstić information content (AvgIpc) is 3.71. The standard InChI is InChI=1S/C34H30N2S2/c1-6-36-27-10-8-7-9-24(27)25-19-22(11-13-28(25)36)30-15-17-32(37-30)33-18-16-31(38-33)23-12-14-29-26(20-23)34(3,4)21(2)35(29)5/h7-20H,2,6H2,1,3-5H3. The van der Waals surface area contributed by atoms with Crippen molar-refractivity contribution in [2.45, 2.75) is 32.7 Å². The molecule has 0 saturated carbocycles. The van der Waals surface area contributed by atoms with Crippen molar-refractivity contribution >= 4 is 50.2 Å². The van der Waals surface area contributed by atoms with Crippen molar-refractivity contribution in [2.24, 2.45) is 0 Å². The maximum atomic E-state index is 4.34. The molecule has 4 heterocycles. The summed E-state index contributed by atoms with van der Waals surface area (Å²) in [7, 11) is 2.12. The lowest BCUT2D eigenvalue weighted by molar-refractivity contribution is 0.643. The van der Waals surface area contributed by atoms with Crippen LogP contribution in [0, 0.1) is 0 Å². The number of rotatable bonds is 4. The van der Waals surface area contributed by atoms with Crippen molar-refractivity contribution in [1.29, 1.82) is 0 Å². The number of nitrogens with zero attached hydrogens (tertiary/aromatic N) is 2. The van der Waals surface area contributed by atoms with Gasteiger partial charge in [0.2, 0.25) is 0 Å². The van der Waals surface area contributed by atoms with Crippen LogP contribution in [0.3, 0.4) is 0 Å². The summed E-state index contributed by atoms with van der Waals surface area (Å²) in [5.41, 5.74) is 8.92. The maximum Gasteiger partial charge on any atom is 0.0491 e. The summed E-state index contributed by atoms with van der Waals surface area (Å²) in [5.74, 6) is 0. The number of benzene rings is 3. The molecule has 3 aromatic carbocycles. The van der Waals surface area contributed by atoms with Crippen molar-refractivity contribution in [3.8, 4) is 30.6 Å². The third-order valence-corrected chi connectivity index (χ3v) is 10.7. The number of thiophene rings is 2. The van der Waals surface area contributed by atoms with Gasteiger partial charge in [-0.25, -0.2) is 0 Å². The highest BCUT2D eigenvalue weighted by Crippen LogP contribution is 2.48. The van der Waals surface area contributed by atoms with Gasteiger partial charge in [0, 0.05) is 71.7 Å². The van der Waals surface area contributed by atoms with Gasteiger partial charge in [-0.3, -0.25) is 0 Å². The first-order valence-corrected chi connectivity index (χ1v) is 14.8. The summed E-state index contributed by atoms with van der Waals surface area (Å²) < 4.78 is 2.41. The van der Waals surface area contributed by atoms with Crippen LogP contribution in [0.1, 0.15) is 26.3 Å². The van der Waals surface area contributed by atoms with Crippen molar-refractivity contribution in [3.05, 3.63) is 103 Å². The van der Waals surface area contributed by atoms with Crippen molar-refractivity contribution in [2.75, 3.05) is 11.9 Å². The van der Waals surface area contributed by atoms with E-state index in [4.69, 9.17) is 0 Å². The van der Waals surface area contributed by atoms with Crippen molar-refractivity contribution in [3.63, 3.8) is 0 Å². The second kappa shape index (κ2) is 8.45. The quantitative estimate of drug-likeness (QED) is 0.220. The minimum atomic E-state index is -0.0482. The summed E-state index contributed by atoms with van der Waals surface area (Å²) in [4.78, 5) is 7.49. The van der Waals surface area contributed by atoms with E-state index in [0.29, 0.717) is 0 Å². The molecular weight excluding hydrogens is 501 g/mol. The molecular formula is C34H30N2S2. The topological polar surface area (TPSA) is 8.17 Å². The minimum absolute atomic E-state index is 0.0482. The molecule has 1 aliphatic heterocycles. The van der Waals surface area contributed by atoms with Crippen LogP contribution in [-0.4, -0.2) is 11.6 Å². The molecule has 0 amide bonds. The second-order valence-corrected chi connectivity index (χ2v) is 12.9. The van der Waals surface area contributed by atoms with Gasteiger partial charge in [0.15, 0.2) is 0 Å². The average molecular weight is 531 g/mol. The van der Waals surface area contributed by atoms with E-state index in [-0.39, 0.29) is 5.41 Å². The van der Waals surface area contributed by atoms with E-state index >= 15 is 0 Å². The SMILES string of the molecule is C=C1N(C)c2ccc(-c3ccc(-c4ccc(-c5ccc6c(c5)c5ccccc5n6CC)s4)s3)cc2C1(C)C. The smallest absolute Gasteiger partial charge is 0.0491 e. The lowest BCUT2D eigenvalue weighted by atomic mass is 9.84. The highest BCUT2D eigenvalue weighted by atomic mass is 32.1. The zero-order valence-electron chi connectivity index (χ0n) is 22.2. The molecule has 0 saturated heterocycles. The van der Waals surface area contributed by atoms with E-state index in [1.807, 2.05) is 22.7 Å². The Bertz CT molecular complexity index is 1880. The molecule has 0 aliphatic carbocycles. The number of aromatic nitrogens is 1. The molecule has 0 unspecified atom stereocenters. The predicted molar refractivity (Wildman–Crippen MR) is 168 cm³/mol. The second-order valence-electron chi connectivity index (χ2n) is 10.7. The largest absolute Gasteiger partial charge is 0.348 e.